The Balaban J connectivity index is 2.43. The summed E-state index contributed by atoms with van der Waals surface area (Å²) in [7, 11) is 0. The van der Waals surface area contributed by atoms with Crippen LogP contribution in [0.2, 0.25) is 0 Å². The molecule has 62 valence electrons. The van der Waals surface area contributed by atoms with Crippen LogP contribution in [0.1, 0.15) is 0 Å². The average molecular weight is 244 g/mol. The first kappa shape index (κ1) is 8.01. The molecule has 1 aliphatic rings. The van der Waals surface area contributed by atoms with Gasteiger partial charge in [0, 0.05) is 4.47 Å². The molecule has 4 heteroatoms. The highest BCUT2D eigenvalue weighted by atomic mass is 79.9. The minimum Gasteiger partial charge on any atom is -0.484 e. The minimum atomic E-state index is 0.471. The summed E-state index contributed by atoms with van der Waals surface area (Å²) in [6, 6.07) is 5.80. The summed E-state index contributed by atoms with van der Waals surface area (Å²) < 4.78 is 6.39. The highest BCUT2D eigenvalue weighted by Crippen LogP contribution is 2.30. The molecule has 1 N–H and O–H groups in total. The maximum atomic E-state index is 5.38. The lowest BCUT2D eigenvalue weighted by Crippen LogP contribution is -2.23. The van der Waals surface area contributed by atoms with Crippen molar-refractivity contribution in [1.29, 1.82) is 0 Å². The first-order chi connectivity index (χ1) is 5.75. The van der Waals surface area contributed by atoms with Gasteiger partial charge in [-0.05, 0) is 18.2 Å². The van der Waals surface area contributed by atoms with Gasteiger partial charge in [-0.1, -0.05) is 28.1 Å². The maximum absolute atomic E-state index is 5.38. The predicted octanol–water partition coefficient (Wildman–Crippen LogP) is 2.58. The highest BCUT2D eigenvalue weighted by molar-refractivity contribution is 9.10. The predicted molar refractivity (Wildman–Crippen MR) is 55.9 cm³/mol. The number of benzene rings is 1. The van der Waals surface area contributed by atoms with E-state index in [0.29, 0.717) is 6.61 Å². The number of anilines is 1. The molecule has 0 fully saturated rings. The topological polar surface area (TPSA) is 21.3 Å². The fourth-order valence-corrected chi connectivity index (χ4v) is 1.56. The van der Waals surface area contributed by atoms with Crippen LogP contribution in [0, 0.1) is 0 Å². The number of fused-ring (bicyclic) bond motifs is 1. The van der Waals surface area contributed by atoms with Gasteiger partial charge in [0.2, 0.25) is 0 Å². The van der Waals surface area contributed by atoms with E-state index in [-0.39, 0.29) is 0 Å². The number of rotatable bonds is 0. The monoisotopic (exact) mass is 243 g/mol. The summed E-state index contributed by atoms with van der Waals surface area (Å²) in [6.07, 6.45) is 0. The summed E-state index contributed by atoms with van der Waals surface area (Å²) in [4.78, 5) is 0.727. The van der Waals surface area contributed by atoms with Crippen LogP contribution in [-0.4, -0.2) is 11.6 Å². The molecular formula is C8H6BrNOS. The van der Waals surface area contributed by atoms with Crippen molar-refractivity contribution >= 4 is 38.8 Å². The van der Waals surface area contributed by atoms with E-state index < -0.39 is 0 Å². The quantitative estimate of drug-likeness (QED) is 0.709. The molecule has 12 heavy (non-hydrogen) atoms. The van der Waals surface area contributed by atoms with Crippen LogP contribution in [-0.2, 0) is 0 Å². The van der Waals surface area contributed by atoms with Crippen LogP contribution in [0.3, 0.4) is 0 Å². The van der Waals surface area contributed by atoms with Crippen molar-refractivity contribution < 1.29 is 4.74 Å². The van der Waals surface area contributed by atoms with E-state index in [9.17, 15) is 0 Å². The second-order valence-corrected chi connectivity index (χ2v) is 3.89. The number of hydrogen-bond acceptors (Lipinski definition) is 2. The third kappa shape index (κ3) is 1.44. The molecule has 0 aromatic heterocycles. The van der Waals surface area contributed by atoms with E-state index in [0.717, 1.165) is 20.9 Å². The Morgan fingerprint density at radius 1 is 1.50 bits per heavy atom. The van der Waals surface area contributed by atoms with E-state index >= 15 is 0 Å². The molecule has 1 aromatic carbocycles. The van der Waals surface area contributed by atoms with Crippen molar-refractivity contribution in [3.05, 3.63) is 22.7 Å². The second kappa shape index (κ2) is 3.03. The lowest BCUT2D eigenvalue weighted by molar-refractivity contribution is 0.374. The Kier molecular flexibility index (Phi) is 2.02. The molecule has 0 saturated carbocycles. The van der Waals surface area contributed by atoms with Gasteiger partial charge in [-0.15, -0.1) is 0 Å². The number of halogens is 1. The molecule has 0 unspecified atom stereocenters. The highest BCUT2D eigenvalue weighted by Gasteiger charge is 2.12. The number of hydrogen-bond donors (Lipinski definition) is 1. The van der Waals surface area contributed by atoms with Crippen molar-refractivity contribution in [2.24, 2.45) is 0 Å². The summed E-state index contributed by atoms with van der Waals surface area (Å²) in [5, 5.41) is 3.07. The van der Waals surface area contributed by atoms with Crippen LogP contribution in [0.25, 0.3) is 0 Å². The van der Waals surface area contributed by atoms with E-state index in [1.54, 1.807) is 0 Å². The molecule has 2 nitrogen and oxygen atoms in total. The SMILES string of the molecule is S=C1COc2cc(Br)ccc2N1. The van der Waals surface area contributed by atoms with Crippen molar-refractivity contribution in [3.63, 3.8) is 0 Å². The molecule has 1 aliphatic heterocycles. The Morgan fingerprint density at radius 3 is 3.17 bits per heavy atom. The zero-order valence-corrected chi connectivity index (χ0v) is 8.54. The zero-order chi connectivity index (χ0) is 8.55. The largest absolute Gasteiger partial charge is 0.484 e. The van der Waals surface area contributed by atoms with Crippen molar-refractivity contribution in [3.8, 4) is 5.75 Å². The Hall–Kier alpha value is -0.610. The molecule has 1 heterocycles. The second-order valence-electron chi connectivity index (χ2n) is 2.48. The Morgan fingerprint density at radius 2 is 2.33 bits per heavy atom. The zero-order valence-electron chi connectivity index (χ0n) is 6.13. The lowest BCUT2D eigenvalue weighted by atomic mass is 10.2. The van der Waals surface area contributed by atoms with Gasteiger partial charge in [-0.25, -0.2) is 0 Å². The summed E-state index contributed by atoms with van der Waals surface area (Å²) in [6.45, 7) is 0.471. The number of ether oxygens (including phenoxy) is 1. The van der Waals surface area contributed by atoms with Gasteiger partial charge in [-0.3, -0.25) is 0 Å². The third-order valence-electron chi connectivity index (χ3n) is 1.58. The molecule has 0 spiro atoms. The lowest BCUT2D eigenvalue weighted by Gasteiger charge is -2.19. The average Bonchev–Trinajstić information content (AvgIpc) is 2.05. The third-order valence-corrected chi connectivity index (χ3v) is 2.29. The first-order valence-electron chi connectivity index (χ1n) is 3.48. The van der Waals surface area contributed by atoms with Gasteiger partial charge in [0.1, 0.15) is 17.3 Å². The van der Waals surface area contributed by atoms with Crippen LogP contribution >= 0.6 is 28.1 Å². The fourth-order valence-electron chi connectivity index (χ4n) is 1.05. The van der Waals surface area contributed by atoms with Crippen LogP contribution < -0.4 is 10.1 Å². The van der Waals surface area contributed by atoms with E-state index in [4.69, 9.17) is 17.0 Å². The van der Waals surface area contributed by atoms with Crippen LogP contribution in [0.15, 0.2) is 22.7 Å². The molecule has 0 aliphatic carbocycles. The fraction of sp³-hybridized carbons (Fsp3) is 0.125. The standard InChI is InChI=1S/C8H6BrNOS/c9-5-1-2-6-7(3-5)11-4-8(12)10-6/h1-3H,4H2,(H,10,12). The molecule has 0 atom stereocenters. The molecule has 1 aromatic rings. The summed E-state index contributed by atoms with van der Waals surface area (Å²) in [5.74, 6) is 0.845. The van der Waals surface area contributed by atoms with Gasteiger partial charge >= 0.3 is 0 Å². The summed E-state index contributed by atoms with van der Waals surface area (Å²) >= 11 is 8.33. The van der Waals surface area contributed by atoms with Gasteiger partial charge < -0.3 is 10.1 Å². The van der Waals surface area contributed by atoms with Crippen LogP contribution in [0.5, 0.6) is 5.75 Å². The Bertz CT molecular complexity index is 340. The smallest absolute Gasteiger partial charge is 0.144 e. The first-order valence-corrected chi connectivity index (χ1v) is 4.68. The van der Waals surface area contributed by atoms with Gasteiger partial charge in [0.15, 0.2) is 0 Å². The number of thiocarbonyl (C=S) groups is 1. The van der Waals surface area contributed by atoms with E-state index in [1.165, 1.54) is 0 Å². The van der Waals surface area contributed by atoms with E-state index in [2.05, 4.69) is 21.2 Å². The van der Waals surface area contributed by atoms with Gasteiger partial charge in [0.05, 0.1) is 5.69 Å². The molecule has 2 rings (SSSR count). The Labute approximate surface area is 84.0 Å². The number of nitrogens with one attached hydrogen (secondary N) is 1. The normalized spacial score (nSPS) is 14.6. The molecule has 0 amide bonds. The molecule has 0 radical (unpaired) electrons. The molecule has 0 bridgehead atoms. The van der Waals surface area contributed by atoms with E-state index in [1.807, 2.05) is 18.2 Å². The minimum absolute atomic E-state index is 0.471. The van der Waals surface area contributed by atoms with Crippen molar-refractivity contribution in [2.45, 2.75) is 0 Å². The molecular weight excluding hydrogens is 238 g/mol. The maximum Gasteiger partial charge on any atom is 0.144 e. The van der Waals surface area contributed by atoms with Crippen molar-refractivity contribution in [2.75, 3.05) is 11.9 Å². The summed E-state index contributed by atoms with van der Waals surface area (Å²) in [5.41, 5.74) is 0.939. The van der Waals surface area contributed by atoms with Crippen LogP contribution in [0.4, 0.5) is 5.69 Å². The van der Waals surface area contributed by atoms with Crippen molar-refractivity contribution in [1.82, 2.24) is 0 Å². The molecule has 0 saturated heterocycles. The van der Waals surface area contributed by atoms with Gasteiger partial charge in [-0.2, -0.15) is 0 Å². The van der Waals surface area contributed by atoms with Gasteiger partial charge in [0.25, 0.3) is 0 Å².